The minimum Gasteiger partial charge on any atom is -0.388 e. The second-order valence-corrected chi connectivity index (χ2v) is 5.77. The smallest absolute Gasteiger partial charge is 0.388 e. The summed E-state index contributed by atoms with van der Waals surface area (Å²) in [5, 5.41) is 14.3. The third-order valence-corrected chi connectivity index (χ3v) is 3.67. The van der Waals surface area contributed by atoms with Gasteiger partial charge in [-0.05, 0) is 30.7 Å². The number of aryl methyl sites for hydroxylation is 2. The molecule has 1 heterocycles. The zero-order valence-electron chi connectivity index (χ0n) is 11.4. The Morgan fingerprint density at radius 2 is 2.00 bits per heavy atom. The molecule has 0 aliphatic rings. The van der Waals surface area contributed by atoms with Gasteiger partial charge in [0.2, 0.25) is 0 Å². The van der Waals surface area contributed by atoms with Crippen LogP contribution in [0.2, 0.25) is 0 Å². The van der Waals surface area contributed by atoms with Crippen LogP contribution in [0, 0.1) is 6.92 Å². The summed E-state index contributed by atoms with van der Waals surface area (Å²) in [5.74, 6) is 0. The fourth-order valence-corrected chi connectivity index (χ4v) is 2.59. The molecule has 1 aromatic heterocycles. The minimum atomic E-state index is -4.51. The van der Waals surface area contributed by atoms with Crippen LogP contribution >= 0.6 is 15.9 Å². The zero-order chi connectivity index (χ0) is 15.8. The molecule has 0 spiro atoms. The largest absolute Gasteiger partial charge is 0.416 e. The molecule has 1 unspecified atom stereocenters. The maximum atomic E-state index is 13.1. The summed E-state index contributed by atoms with van der Waals surface area (Å²) in [6, 6.07) is 5.51. The van der Waals surface area contributed by atoms with E-state index in [0.29, 0.717) is 10.2 Å². The van der Waals surface area contributed by atoms with Gasteiger partial charge in [0.1, 0.15) is 0 Å². The number of halogens is 4. The molecular weight excluding hydrogens is 349 g/mol. The van der Waals surface area contributed by atoms with Crippen molar-refractivity contribution in [2.75, 3.05) is 0 Å². The van der Waals surface area contributed by atoms with Gasteiger partial charge in [0.15, 0.2) is 0 Å². The lowest BCUT2D eigenvalue weighted by atomic mass is 9.98. The molecule has 1 aromatic carbocycles. The molecule has 0 radical (unpaired) electrons. The predicted molar refractivity (Wildman–Crippen MR) is 75.8 cm³/mol. The van der Waals surface area contributed by atoms with E-state index >= 15 is 0 Å². The van der Waals surface area contributed by atoms with Crippen LogP contribution in [0.3, 0.4) is 0 Å². The van der Waals surface area contributed by atoms with E-state index in [4.69, 9.17) is 0 Å². The van der Waals surface area contributed by atoms with Gasteiger partial charge in [-0.15, -0.1) is 0 Å². The standard InChI is InChI=1S/C14H14BrF3N2O/c1-8-5-10(20(2)19-8)7-13(21)11-4-3-9(15)6-12(11)14(16,17)18/h3-6,13,21H,7H2,1-2H3. The number of nitrogens with zero attached hydrogens (tertiary/aromatic N) is 2. The highest BCUT2D eigenvalue weighted by Crippen LogP contribution is 2.37. The molecule has 1 atom stereocenters. The van der Waals surface area contributed by atoms with Crippen molar-refractivity contribution in [2.45, 2.75) is 25.6 Å². The molecule has 2 rings (SSSR count). The Hall–Kier alpha value is -1.34. The molecule has 21 heavy (non-hydrogen) atoms. The molecule has 0 fully saturated rings. The Balaban J connectivity index is 2.35. The van der Waals surface area contributed by atoms with E-state index in [2.05, 4.69) is 21.0 Å². The van der Waals surface area contributed by atoms with Crippen LogP contribution < -0.4 is 0 Å². The number of alkyl halides is 3. The molecule has 3 nitrogen and oxygen atoms in total. The van der Waals surface area contributed by atoms with Crippen LogP contribution in [-0.2, 0) is 19.6 Å². The van der Waals surface area contributed by atoms with Crippen LogP contribution in [0.25, 0.3) is 0 Å². The van der Waals surface area contributed by atoms with Gasteiger partial charge in [0.25, 0.3) is 0 Å². The summed E-state index contributed by atoms with van der Waals surface area (Å²) in [5.41, 5.74) is 0.468. The maximum Gasteiger partial charge on any atom is 0.416 e. The fraction of sp³-hybridized carbons (Fsp3) is 0.357. The normalized spacial score (nSPS) is 13.5. The molecular formula is C14H14BrF3N2O. The van der Waals surface area contributed by atoms with E-state index in [9.17, 15) is 18.3 Å². The number of hydrogen-bond donors (Lipinski definition) is 1. The first-order chi connectivity index (χ1) is 9.68. The van der Waals surface area contributed by atoms with Crippen molar-refractivity contribution >= 4 is 15.9 Å². The van der Waals surface area contributed by atoms with Gasteiger partial charge < -0.3 is 5.11 Å². The number of hydrogen-bond acceptors (Lipinski definition) is 2. The first-order valence-corrected chi connectivity index (χ1v) is 7.02. The quantitative estimate of drug-likeness (QED) is 0.901. The molecule has 0 saturated carbocycles. The van der Waals surface area contributed by atoms with Crippen molar-refractivity contribution < 1.29 is 18.3 Å². The minimum absolute atomic E-state index is 0.0715. The SMILES string of the molecule is Cc1cc(CC(O)c2ccc(Br)cc2C(F)(F)F)n(C)n1. The summed E-state index contributed by atoms with van der Waals surface area (Å²) >= 11 is 3.02. The summed E-state index contributed by atoms with van der Waals surface area (Å²) in [6.45, 7) is 1.79. The van der Waals surface area contributed by atoms with E-state index in [-0.39, 0.29) is 12.0 Å². The molecule has 1 N–H and O–H groups in total. The van der Waals surface area contributed by atoms with E-state index < -0.39 is 17.8 Å². The van der Waals surface area contributed by atoms with Gasteiger partial charge in [-0.3, -0.25) is 4.68 Å². The number of aromatic nitrogens is 2. The van der Waals surface area contributed by atoms with Gasteiger partial charge in [-0.2, -0.15) is 18.3 Å². The average Bonchev–Trinajstić information content (AvgIpc) is 2.66. The van der Waals surface area contributed by atoms with Crippen molar-refractivity contribution in [2.24, 2.45) is 7.05 Å². The zero-order valence-corrected chi connectivity index (χ0v) is 13.0. The average molecular weight is 363 g/mol. The van der Waals surface area contributed by atoms with Gasteiger partial charge in [-0.25, -0.2) is 0 Å². The van der Waals surface area contributed by atoms with Crippen molar-refractivity contribution in [3.63, 3.8) is 0 Å². The van der Waals surface area contributed by atoms with Gasteiger partial charge >= 0.3 is 6.18 Å². The Morgan fingerprint density at radius 1 is 1.33 bits per heavy atom. The highest BCUT2D eigenvalue weighted by Gasteiger charge is 2.35. The second kappa shape index (κ2) is 5.81. The lowest BCUT2D eigenvalue weighted by Crippen LogP contribution is -2.14. The van der Waals surface area contributed by atoms with E-state index in [0.717, 1.165) is 11.8 Å². The summed E-state index contributed by atoms with van der Waals surface area (Å²) in [4.78, 5) is 0. The number of benzene rings is 1. The van der Waals surface area contributed by atoms with Crippen molar-refractivity contribution in [1.29, 1.82) is 0 Å². The summed E-state index contributed by atoms with van der Waals surface area (Å²) in [6.07, 6.45) is -5.69. The Morgan fingerprint density at radius 3 is 2.52 bits per heavy atom. The third-order valence-electron chi connectivity index (χ3n) is 3.18. The third kappa shape index (κ3) is 3.65. The van der Waals surface area contributed by atoms with E-state index in [1.165, 1.54) is 12.1 Å². The van der Waals surface area contributed by atoms with Crippen molar-refractivity contribution in [1.82, 2.24) is 9.78 Å². The second-order valence-electron chi connectivity index (χ2n) is 4.85. The molecule has 7 heteroatoms. The lowest BCUT2D eigenvalue weighted by Gasteiger charge is -2.18. The summed E-state index contributed by atoms with van der Waals surface area (Å²) in [7, 11) is 1.70. The van der Waals surface area contributed by atoms with Crippen molar-refractivity contribution in [3.05, 3.63) is 51.3 Å². The molecule has 0 bridgehead atoms. The van der Waals surface area contributed by atoms with Gasteiger partial charge in [0.05, 0.1) is 17.4 Å². The number of aliphatic hydroxyl groups is 1. The van der Waals surface area contributed by atoms with Crippen molar-refractivity contribution in [3.8, 4) is 0 Å². The van der Waals surface area contributed by atoms with Gasteiger partial charge in [-0.1, -0.05) is 22.0 Å². The molecule has 0 aliphatic heterocycles. The van der Waals surface area contributed by atoms with Crippen LogP contribution in [0.5, 0.6) is 0 Å². The Kier molecular flexibility index (Phi) is 4.43. The Bertz CT molecular complexity index is 652. The van der Waals surface area contributed by atoms with Crippen LogP contribution in [-0.4, -0.2) is 14.9 Å². The van der Waals surface area contributed by atoms with Crippen LogP contribution in [0.4, 0.5) is 13.2 Å². The Labute approximate surface area is 128 Å². The first-order valence-electron chi connectivity index (χ1n) is 6.22. The molecule has 2 aromatic rings. The number of rotatable bonds is 3. The lowest BCUT2D eigenvalue weighted by molar-refractivity contribution is -0.139. The summed E-state index contributed by atoms with van der Waals surface area (Å²) < 4.78 is 41.1. The topological polar surface area (TPSA) is 38.0 Å². The first kappa shape index (κ1) is 16.0. The fourth-order valence-electron chi connectivity index (χ4n) is 2.23. The van der Waals surface area contributed by atoms with Crippen LogP contribution in [0.15, 0.2) is 28.7 Å². The molecule has 0 saturated heterocycles. The predicted octanol–water partition coefficient (Wildman–Crippen LogP) is 3.79. The molecule has 0 aliphatic carbocycles. The van der Waals surface area contributed by atoms with Gasteiger partial charge in [0, 0.05) is 23.6 Å². The van der Waals surface area contributed by atoms with E-state index in [1.54, 1.807) is 24.7 Å². The highest BCUT2D eigenvalue weighted by molar-refractivity contribution is 9.10. The molecule has 0 amide bonds. The maximum absolute atomic E-state index is 13.1. The highest BCUT2D eigenvalue weighted by atomic mass is 79.9. The molecule has 114 valence electrons. The number of aliphatic hydroxyl groups excluding tert-OH is 1. The monoisotopic (exact) mass is 362 g/mol. The van der Waals surface area contributed by atoms with E-state index in [1.807, 2.05) is 0 Å². The van der Waals surface area contributed by atoms with Crippen LogP contribution in [0.1, 0.15) is 28.6 Å².